The molecule has 7 nitrogen and oxygen atoms in total. The molecule has 3 rings (SSSR count). The van der Waals surface area contributed by atoms with Crippen molar-refractivity contribution < 1.29 is 10.0 Å². The molecule has 8 heteroatoms. The second-order valence-electron chi connectivity index (χ2n) is 5.51. The van der Waals surface area contributed by atoms with E-state index in [1.807, 2.05) is 0 Å². The summed E-state index contributed by atoms with van der Waals surface area (Å²) in [6.07, 6.45) is 0. The molecule has 0 unspecified atom stereocenters. The Bertz CT molecular complexity index is 980. The van der Waals surface area contributed by atoms with Gasteiger partial charge in [0.15, 0.2) is 0 Å². The lowest BCUT2D eigenvalue weighted by atomic mass is 9.89. The SMILES string of the molecule is O=c1[nH][nH]c(-c2ccccc2O)c1[C@H](C[N+](=O)[O-])c1cccc(Cl)c1. The Morgan fingerprint density at radius 2 is 1.92 bits per heavy atom. The third-order valence-corrected chi connectivity index (χ3v) is 4.15. The van der Waals surface area contributed by atoms with Gasteiger partial charge < -0.3 is 5.11 Å². The fourth-order valence-electron chi connectivity index (χ4n) is 2.83. The molecule has 1 atom stereocenters. The van der Waals surface area contributed by atoms with Gasteiger partial charge in [-0.2, -0.15) is 0 Å². The van der Waals surface area contributed by atoms with Crippen LogP contribution in [0.2, 0.25) is 5.02 Å². The molecule has 0 fully saturated rings. The van der Waals surface area contributed by atoms with Crippen LogP contribution in [0.25, 0.3) is 11.3 Å². The van der Waals surface area contributed by atoms with E-state index in [9.17, 15) is 20.0 Å². The average molecular weight is 360 g/mol. The number of hydrogen-bond acceptors (Lipinski definition) is 4. The van der Waals surface area contributed by atoms with Crippen LogP contribution < -0.4 is 5.56 Å². The predicted molar refractivity (Wildman–Crippen MR) is 93.7 cm³/mol. The molecule has 3 N–H and O–H groups in total. The lowest BCUT2D eigenvalue weighted by Crippen LogP contribution is -2.20. The van der Waals surface area contributed by atoms with Crippen molar-refractivity contribution in [2.24, 2.45) is 0 Å². The summed E-state index contributed by atoms with van der Waals surface area (Å²) in [5.74, 6) is -0.858. The van der Waals surface area contributed by atoms with Gasteiger partial charge in [0.05, 0.1) is 17.2 Å². The number of para-hydroxylation sites is 1. The van der Waals surface area contributed by atoms with Crippen molar-refractivity contribution >= 4 is 11.6 Å². The largest absolute Gasteiger partial charge is 0.507 e. The van der Waals surface area contributed by atoms with Gasteiger partial charge in [-0.3, -0.25) is 25.1 Å². The van der Waals surface area contributed by atoms with E-state index in [1.165, 1.54) is 6.07 Å². The van der Waals surface area contributed by atoms with Crippen LogP contribution in [0.15, 0.2) is 53.3 Å². The van der Waals surface area contributed by atoms with Crippen molar-refractivity contribution in [1.29, 1.82) is 0 Å². The topological polar surface area (TPSA) is 112 Å². The molecule has 0 amide bonds. The fourth-order valence-corrected chi connectivity index (χ4v) is 3.03. The van der Waals surface area contributed by atoms with Gasteiger partial charge in [0.1, 0.15) is 5.75 Å². The van der Waals surface area contributed by atoms with Crippen LogP contribution in [0.1, 0.15) is 17.0 Å². The summed E-state index contributed by atoms with van der Waals surface area (Å²) in [5.41, 5.74) is 0.942. The summed E-state index contributed by atoms with van der Waals surface area (Å²) in [6.45, 7) is -0.484. The number of nitrogens with zero attached hydrogens (tertiary/aromatic N) is 1. The molecular formula is C17H14ClN3O4. The minimum Gasteiger partial charge on any atom is -0.507 e. The summed E-state index contributed by atoms with van der Waals surface area (Å²) in [7, 11) is 0. The molecule has 3 aromatic rings. The van der Waals surface area contributed by atoms with Crippen LogP contribution in [0, 0.1) is 10.1 Å². The first-order chi connectivity index (χ1) is 12.0. The maximum atomic E-state index is 12.4. The number of benzene rings is 2. The molecule has 25 heavy (non-hydrogen) atoms. The fraction of sp³-hybridized carbons (Fsp3) is 0.118. The quantitative estimate of drug-likeness (QED) is 0.479. The highest BCUT2D eigenvalue weighted by atomic mass is 35.5. The molecule has 0 aliphatic rings. The van der Waals surface area contributed by atoms with E-state index in [0.717, 1.165) is 0 Å². The number of phenolic OH excluding ortho intramolecular Hbond substituents is 1. The van der Waals surface area contributed by atoms with Crippen LogP contribution in [0.3, 0.4) is 0 Å². The summed E-state index contributed by atoms with van der Waals surface area (Å²) < 4.78 is 0. The number of nitro groups is 1. The molecule has 0 aliphatic heterocycles. The molecule has 1 heterocycles. The second kappa shape index (κ2) is 6.82. The minimum absolute atomic E-state index is 0.0371. The molecule has 128 valence electrons. The summed E-state index contributed by atoms with van der Waals surface area (Å²) in [4.78, 5) is 23.1. The smallest absolute Gasteiger partial charge is 0.268 e. The Hall–Kier alpha value is -3.06. The van der Waals surface area contributed by atoms with Crippen molar-refractivity contribution in [3.05, 3.63) is 85.1 Å². The number of nitrogens with one attached hydrogen (secondary N) is 2. The van der Waals surface area contributed by atoms with Crippen molar-refractivity contribution in [3.8, 4) is 17.0 Å². The van der Waals surface area contributed by atoms with Gasteiger partial charge in [-0.15, -0.1) is 0 Å². The molecule has 0 saturated carbocycles. The first-order valence-electron chi connectivity index (χ1n) is 7.43. The van der Waals surface area contributed by atoms with Crippen molar-refractivity contribution in [2.75, 3.05) is 6.54 Å². The van der Waals surface area contributed by atoms with Gasteiger partial charge in [0.2, 0.25) is 6.54 Å². The van der Waals surface area contributed by atoms with Gasteiger partial charge in [0.25, 0.3) is 5.56 Å². The molecule has 0 aliphatic carbocycles. The lowest BCUT2D eigenvalue weighted by molar-refractivity contribution is -0.481. The van der Waals surface area contributed by atoms with Gasteiger partial charge in [-0.1, -0.05) is 35.9 Å². The van der Waals surface area contributed by atoms with Crippen LogP contribution in [0.4, 0.5) is 0 Å². The van der Waals surface area contributed by atoms with E-state index in [4.69, 9.17) is 11.6 Å². The summed E-state index contributed by atoms with van der Waals surface area (Å²) >= 11 is 6.01. The predicted octanol–water partition coefficient (Wildman–Crippen LogP) is 3.14. The Kier molecular flexibility index (Phi) is 4.58. The van der Waals surface area contributed by atoms with E-state index < -0.39 is 22.9 Å². The van der Waals surface area contributed by atoms with Crippen LogP contribution in [0.5, 0.6) is 5.75 Å². The van der Waals surface area contributed by atoms with Crippen molar-refractivity contribution in [1.82, 2.24) is 10.2 Å². The highest BCUT2D eigenvalue weighted by molar-refractivity contribution is 6.30. The molecule has 2 aromatic carbocycles. The van der Waals surface area contributed by atoms with Crippen molar-refractivity contribution in [3.63, 3.8) is 0 Å². The monoisotopic (exact) mass is 359 g/mol. The van der Waals surface area contributed by atoms with Crippen LogP contribution >= 0.6 is 11.6 Å². The maximum absolute atomic E-state index is 12.4. The van der Waals surface area contributed by atoms with E-state index in [1.54, 1.807) is 42.5 Å². The number of rotatable bonds is 5. The van der Waals surface area contributed by atoms with E-state index in [-0.39, 0.29) is 11.3 Å². The number of phenols is 1. The van der Waals surface area contributed by atoms with E-state index >= 15 is 0 Å². The molecule has 0 radical (unpaired) electrons. The summed E-state index contributed by atoms with van der Waals surface area (Å²) in [5, 5.41) is 26.9. The molecule has 0 bridgehead atoms. The first-order valence-corrected chi connectivity index (χ1v) is 7.81. The van der Waals surface area contributed by atoms with Gasteiger partial charge >= 0.3 is 0 Å². The number of H-pyrrole nitrogens is 2. The van der Waals surface area contributed by atoms with Crippen LogP contribution in [-0.4, -0.2) is 26.8 Å². The Labute approximate surface area is 147 Å². The third kappa shape index (κ3) is 3.41. The van der Waals surface area contributed by atoms with Gasteiger partial charge in [-0.25, -0.2) is 0 Å². The number of aromatic nitrogens is 2. The van der Waals surface area contributed by atoms with Gasteiger partial charge in [-0.05, 0) is 29.8 Å². The standard InChI is InChI=1S/C17H14ClN3O4/c18-11-5-3-4-10(8-11)13(9-21(24)25)15-16(19-20-17(15)23)12-6-1-2-7-14(12)22/h1-8,13,22H,9H2,(H2,19,20,23)/t13-/m1/s1. The van der Waals surface area contributed by atoms with E-state index in [0.29, 0.717) is 21.8 Å². The zero-order valence-electron chi connectivity index (χ0n) is 12.9. The normalized spacial score (nSPS) is 12.0. The Morgan fingerprint density at radius 3 is 2.60 bits per heavy atom. The number of hydrogen-bond donors (Lipinski definition) is 3. The second-order valence-corrected chi connectivity index (χ2v) is 5.94. The van der Waals surface area contributed by atoms with Crippen molar-refractivity contribution in [2.45, 2.75) is 5.92 Å². The third-order valence-electron chi connectivity index (χ3n) is 3.92. The Balaban J connectivity index is 2.21. The number of aromatic amines is 2. The van der Waals surface area contributed by atoms with Crippen LogP contribution in [-0.2, 0) is 0 Å². The number of aromatic hydroxyl groups is 1. The lowest BCUT2D eigenvalue weighted by Gasteiger charge is -2.14. The summed E-state index contributed by atoms with van der Waals surface area (Å²) in [6, 6.07) is 13.1. The minimum atomic E-state index is -0.821. The molecule has 0 spiro atoms. The molecule has 1 aromatic heterocycles. The Morgan fingerprint density at radius 1 is 1.16 bits per heavy atom. The maximum Gasteiger partial charge on any atom is 0.268 e. The first kappa shape index (κ1) is 16.8. The highest BCUT2D eigenvalue weighted by Crippen LogP contribution is 2.34. The molecular weight excluding hydrogens is 346 g/mol. The molecule has 0 saturated heterocycles. The van der Waals surface area contributed by atoms with E-state index in [2.05, 4.69) is 10.2 Å². The zero-order valence-corrected chi connectivity index (χ0v) is 13.7. The average Bonchev–Trinajstić information content (AvgIpc) is 2.94. The highest BCUT2D eigenvalue weighted by Gasteiger charge is 2.28. The van der Waals surface area contributed by atoms with Gasteiger partial charge in [0, 0.05) is 15.5 Å². The zero-order chi connectivity index (χ0) is 18.0. The number of halogens is 1.